The molecule has 0 radical (unpaired) electrons. The molecular weight excluding hydrogens is 146 g/mol. The Hall–Kier alpha value is -0.0400. The Bertz CT molecular complexity index is 180. The van der Waals surface area contributed by atoms with Crippen molar-refractivity contribution >= 4 is 0 Å². The van der Waals surface area contributed by atoms with Gasteiger partial charge in [-0.05, 0) is 36.5 Å². The van der Waals surface area contributed by atoms with Crippen molar-refractivity contribution in [1.29, 1.82) is 0 Å². The van der Waals surface area contributed by atoms with Gasteiger partial charge in [-0.2, -0.15) is 0 Å². The number of fused-ring (bicyclic) bond motifs is 1. The van der Waals surface area contributed by atoms with Crippen LogP contribution in [0.25, 0.3) is 0 Å². The fourth-order valence-corrected chi connectivity index (χ4v) is 3.31. The number of hydrogen-bond donors (Lipinski definition) is 1. The first kappa shape index (κ1) is 8.55. The van der Waals surface area contributed by atoms with Gasteiger partial charge in [-0.15, -0.1) is 0 Å². The predicted octanol–water partition coefficient (Wildman–Crippen LogP) is 2.55. The van der Waals surface area contributed by atoms with E-state index in [-0.39, 0.29) is 5.54 Å². The summed E-state index contributed by atoms with van der Waals surface area (Å²) in [6, 6.07) is 0. The van der Waals surface area contributed by atoms with Crippen molar-refractivity contribution in [3.63, 3.8) is 0 Å². The standard InChI is InChI=1S/C11H21N/c1-10(2,3)7-11(12)8-5-4-6-9(8)11/h8-9H,4-7,12H2,1-3H3. The normalized spacial score (nSPS) is 46.0. The Morgan fingerprint density at radius 3 is 2.17 bits per heavy atom. The van der Waals surface area contributed by atoms with Crippen LogP contribution in [0.15, 0.2) is 0 Å². The van der Waals surface area contributed by atoms with Gasteiger partial charge in [0.1, 0.15) is 0 Å². The first-order valence-electron chi connectivity index (χ1n) is 5.22. The van der Waals surface area contributed by atoms with Crippen molar-refractivity contribution in [2.24, 2.45) is 23.0 Å². The molecule has 2 aliphatic rings. The Kier molecular flexibility index (Phi) is 1.61. The second kappa shape index (κ2) is 2.25. The molecule has 0 aliphatic heterocycles. The van der Waals surface area contributed by atoms with Crippen molar-refractivity contribution in [2.75, 3.05) is 0 Å². The van der Waals surface area contributed by atoms with Crippen LogP contribution >= 0.6 is 0 Å². The molecule has 0 aromatic carbocycles. The molecule has 0 saturated heterocycles. The third-order valence-corrected chi connectivity index (χ3v) is 3.62. The second-order valence-electron chi connectivity index (χ2n) is 5.99. The summed E-state index contributed by atoms with van der Waals surface area (Å²) in [6.45, 7) is 6.90. The molecule has 2 atom stereocenters. The molecule has 2 aliphatic carbocycles. The van der Waals surface area contributed by atoms with E-state index in [0.717, 1.165) is 11.8 Å². The van der Waals surface area contributed by atoms with Crippen LogP contribution in [0.4, 0.5) is 0 Å². The molecule has 0 aromatic rings. The molecule has 2 N–H and O–H groups in total. The third-order valence-electron chi connectivity index (χ3n) is 3.62. The lowest BCUT2D eigenvalue weighted by molar-refractivity contribution is 0.297. The van der Waals surface area contributed by atoms with Crippen molar-refractivity contribution in [2.45, 2.75) is 52.0 Å². The summed E-state index contributed by atoms with van der Waals surface area (Å²) in [7, 11) is 0. The fourth-order valence-electron chi connectivity index (χ4n) is 3.31. The molecule has 2 unspecified atom stereocenters. The molecule has 2 fully saturated rings. The zero-order valence-corrected chi connectivity index (χ0v) is 8.56. The van der Waals surface area contributed by atoms with Crippen LogP contribution < -0.4 is 5.73 Å². The fraction of sp³-hybridized carbons (Fsp3) is 1.00. The molecule has 0 aromatic heterocycles. The van der Waals surface area contributed by atoms with E-state index in [9.17, 15) is 0 Å². The van der Waals surface area contributed by atoms with Crippen molar-refractivity contribution in [1.82, 2.24) is 0 Å². The van der Waals surface area contributed by atoms with E-state index in [1.807, 2.05) is 0 Å². The van der Waals surface area contributed by atoms with E-state index < -0.39 is 0 Å². The monoisotopic (exact) mass is 167 g/mol. The second-order valence-corrected chi connectivity index (χ2v) is 5.99. The van der Waals surface area contributed by atoms with Gasteiger partial charge in [-0.1, -0.05) is 27.2 Å². The van der Waals surface area contributed by atoms with Gasteiger partial charge >= 0.3 is 0 Å². The Morgan fingerprint density at radius 2 is 1.75 bits per heavy atom. The van der Waals surface area contributed by atoms with Crippen LogP contribution in [0.1, 0.15) is 46.5 Å². The van der Waals surface area contributed by atoms with E-state index in [0.29, 0.717) is 5.41 Å². The summed E-state index contributed by atoms with van der Waals surface area (Å²) in [4.78, 5) is 0. The minimum Gasteiger partial charge on any atom is -0.325 e. The lowest BCUT2D eigenvalue weighted by atomic mass is 9.84. The SMILES string of the molecule is CC(C)(C)CC1(N)C2CCCC21. The van der Waals surface area contributed by atoms with Gasteiger partial charge < -0.3 is 5.73 Å². The Labute approximate surface area is 75.7 Å². The van der Waals surface area contributed by atoms with Crippen LogP contribution in [0.3, 0.4) is 0 Å². The highest BCUT2D eigenvalue weighted by atomic mass is 14.9. The highest BCUT2D eigenvalue weighted by Crippen LogP contribution is 2.62. The molecule has 2 saturated carbocycles. The minimum absolute atomic E-state index is 0.247. The van der Waals surface area contributed by atoms with Crippen LogP contribution in [0, 0.1) is 17.3 Å². The zero-order chi connectivity index (χ0) is 8.98. The van der Waals surface area contributed by atoms with E-state index in [1.165, 1.54) is 25.7 Å². The summed E-state index contributed by atoms with van der Waals surface area (Å²) in [5, 5.41) is 0. The average molecular weight is 167 g/mol. The first-order valence-corrected chi connectivity index (χ1v) is 5.22. The van der Waals surface area contributed by atoms with Crippen molar-refractivity contribution < 1.29 is 0 Å². The van der Waals surface area contributed by atoms with E-state index in [2.05, 4.69) is 20.8 Å². The molecule has 12 heavy (non-hydrogen) atoms. The van der Waals surface area contributed by atoms with Crippen molar-refractivity contribution in [3.05, 3.63) is 0 Å². The predicted molar refractivity (Wildman–Crippen MR) is 51.8 cm³/mol. The summed E-state index contributed by atoms with van der Waals surface area (Å²) in [5.74, 6) is 1.77. The van der Waals surface area contributed by atoms with Gasteiger partial charge in [-0.25, -0.2) is 0 Å². The highest BCUT2D eigenvalue weighted by molar-refractivity contribution is 5.19. The molecular formula is C11H21N. The summed E-state index contributed by atoms with van der Waals surface area (Å²) < 4.78 is 0. The maximum atomic E-state index is 6.38. The summed E-state index contributed by atoms with van der Waals surface area (Å²) in [6.07, 6.45) is 5.45. The first-order chi connectivity index (χ1) is 5.43. The van der Waals surface area contributed by atoms with Gasteiger partial charge in [0.25, 0.3) is 0 Å². The molecule has 0 spiro atoms. The van der Waals surface area contributed by atoms with Crippen LogP contribution in [-0.2, 0) is 0 Å². The lowest BCUT2D eigenvalue weighted by Gasteiger charge is -2.25. The maximum absolute atomic E-state index is 6.38. The smallest absolute Gasteiger partial charge is 0.0223 e. The van der Waals surface area contributed by atoms with Gasteiger partial charge in [0.05, 0.1) is 0 Å². The van der Waals surface area contributed by atoms with Crippen LogP contribution in [0.2, 0.25) is 0 Å². The number of rotatable bonds is 1. The van der Waals surface area contributed by atoms with E-state index in [4.69, 9.17) is 5.73 Å². The molecule has 2 rings (SSSR count). The molecule has 1 heteroatoms. The molecule has 1 nitrogen and oxygen atoms in total. The maximum Gasteiger partial charge on any atom is 0.0223 e. The zero-order valence-electron chi connectivity index (χ0n) is 8.56. The largest absolute Gasteiger partial charge is 0.325 e. The Balaban J connectivity index is 1.98. The average Bonchev–Trinajstić information content (AvgIpc) is 2.33. The third kappa shape index (κ3) is 1.19. The van der Waals surface area contributed by atoms with E-state index >= 15 is 0 Å². The van der Waals surface area contributed by atoms with Gasteiger partial charge in [0, 0.05) is 5.54 Å². The number of hydrogen-bond acceptors (Lipinski definition) is 1. The lowest BCUT2D eigenvalue weighted by Crippen LogP contribution is -2.33. The van der Waals surface area contributed by atoms with Crippen LogP contribution in [0.5, 0.6) is 0 Å². The quantitative estimate of drug-likeness (QED) is 0.638. The summed E-state index contributed by atoms with van der Waals surface area (Å²) >= 11 is 0. The molecule has 70 valence electrons. The number of nitrogens with two attached hydrogens (primary N) is 1. The topological polar surface area (TPSA) is 26.0 Å². The molecule has 0 heterocycles. The Morgan fingerprint density at radius 1 is 1.25 bits per heavy atom. The van der Waals surface area contributed by atoms with E-state index in [1.54, 1.807) is 0 Å². The minimum atomic E-state index is 0.247. The van der Waals surface area contributed by atoms with Gasteiger partial charge in [-0.3, -0.25) is 0 Å². The van der Waals surface area contributed by atoms with Gasteiger partial charge in [0.15, 0.2) is 0 Å². The molecule has 0 bridgehead atoms. The summed E-state index contributed by atoms with van der Waals surface area (Å²) in [5.41, 5.74) is 7.04. The molecule has 0 amide bonds. The van der Waals surface area contributed by atoms with Crippen molar-refractivity contribution in [3.8, 4) is 0 Å². The van der Waals surface area contributed by atoms with Crippen LogP contribution in [-0.4, -0.2) is 5.54 Å². The highest BCUT2D eigenvalue weighted by Gasteiger charge is 2.63. The van der Waals surface area contributed by atoms with Gasteiger partial charge in [0.2, 0.25) is 0 Å².